The number of para-hydroxylation sites is 1. The van der Waals surface area contributed by atoms with Crippen LogP contribution in [0.2, 0.25) is 10.0 Å². The van der Waals surface area contributed by atoms with E-state index in [1.165, 1.54) is 24.3 Å². The van der Waals surface area contributed by atoms with Crippen LogP contribution in [0.25, 0.3) is 0 Å². The van der Waals surface area contributed by atoms with E-state index in [-0.39, 0.29) is 11.3 Å². The second kappa shape index (κ2) is 5.38. The highest BCUT2D eigenvalue weighted by Gasteiger charge is 2.15. The Morgan fingerprint density at radius 2 is 1.84 bits per heavy atom. The van der Waals surface area contributed by atoms with Gasteiger partial charge < -0.3 is 15.5 Å². The SMILES string of the molecule is O=C(Nc1cc(Cl)ccc1Cl)c1cccc(O)c1O. The molecule has 0 bridgehead atoms. The van der Waals surface area contributed by atoms with Gasteiger partial charge in [0.1, 0.15) is 0 Å². The molecule has 4 nitrogen and oxygen atoms in total. The largest absolute Gasteiger partial charge is 0.504 e. The standard InChI is InChI=1S/C13H9Cl2NO3/c14-7-4-5-9(15)10(6-7)16-13(19)8-2-1-3-11(17)12(8)18/h1-6,17-18H,(H,16,19). The molecule has 1 amide bonds. The van der Waals surface area contributed by atoms with Gasteiger partial charge in [-0.25, -0.2) is 0 Å². The summed E-state index contributed by atoms with van der Waals surface area (Å²) in [6.07, 6.45) is 0. The maximum atomic E-state index is 12.0. The normalized spacial score (nSPS) is 10.2. The molecule has 0 heterocycles. The molecule has 0 aliphatic heterocycles. The molecular weight excluding hydrogens is 289 g/mol. The first-order chi connectivity index (χ1) is 8.99. The minimum absolute atomic E-state index is 0.0592. The fourth-order valence-corrected chi connectivity index (χ4v) is 1.83. The van der Waals surface area contributed by atoms with Crippen LogP contribution in [0.15, 0.2) is 36.4 Å². The number of amides is 1. The number of phenols is 2. The van der Waals surface area contributed by atoms with E-state index < -0.39 is 11.7 Å². The summed E-state index contributed by atoms with van der Waals surface area (Å²) in [7, 11) is 0. The molecule has 3 N–H and O–H groups in total. The number of rotatable bonds is 2. The lowest BCUT2D eigenvalue weighted by Crippen LogP contribution is -2.12. The molecule has 19 heavy (non-hydrogen) atoms. The molecule has 0 radical (unpaired) electrons. The highest BCUT2D eigenvalue weighted by atomic mass is 35.5. The van der Waals surface area contributed by atoms with Crippen LogP contribution in [-0.2, 0) is 0 Å². The van der Waals surface area contributed by atoms with Crippen LogP contribution in [-0.4, -0.2) is 16.1 Å². The Morgan fingerprint density at radius 1 is 1.11 bits per heavy atom. The summed E-state index contributed by atoms with van der Waals surface area (Å²) < 4.78 is 0. The molecule has 6 heteroatoms. The number of hydrogen-bond donors (Lipinski definition) is 3. The van der Waals surface area contributed by atoms with E-state index in [1.54, 1.807) is 12.1 Å². The van der Waals surface area contributed by atoms with E-state index in [4.69, 9.17) is 23.2 Å². The highest BCUT2D eigenvalue weighted by molar-refractivity contribution is 6.35. The van der Waals surface area contributed by atoms with Crippen molar-refractivity contribution in [1.29, 1.82) is 0 Å². The Labute approximate surface area is 119 Å². The van der Waals surface area contributed by atoms with Gasteiger partial charge in [0.25, 0.3) is 5.91 Å². The van der Waals surface area contributed by atoms with Crippen LogP contribution in [0.1, 0.15) is 10.4 Å². The maximum absolute atomic E-state index is 12.0. The molecule has 0 spiro atoms. The lowest BCUT2D eigenvalue weighted by Gasteiger charge is -2.09. The van der Waals surface area contributed by atoms with Gasteiger partial charge in [-0.2, -0.15) is 0 Å². The van der Waals surface area contributed by atoms with Crippen molar-refractivity contribution < 1.29 is 15.0 Å². The average molecular weight is 298 g/mol. The molecule has 0 aromatic heterocycles. The van der Waals surface area contributed by atoms with E-state index in [0.29, 0.717) is 15.7 Å². The van der Waals surface area contributed by atoms with Crippen LogP contribution < -0.4 is 5.32 Å². The molecule has 0 saturated carbocycles. The Balaban J connectivity index is 2.31. The van der Waals surface area contributed by atoms with E-state index in [0.717, 1.165) is 0 Å². The lowest BCUT2D eigenvalue weighted by molar-refractivity contribution is 0.102. The van der Waals surface area contributed by atoms with Crippen molar-refractivity contribution in [2.24, 2.45) is 0 Å². The first kappa shape index (κ1) is 13.5. The molecule has 0 unspecified atom stereocenters. The van der Waals surface area contributed by atoms with Gasteiger partial charge in [-0.05, 0) is 30.3 Å². The summed E-state index contributed by atoms with van der Waals surface area (Å²) in [5.41, 5.74) is 0.262. The zero-order valence-electron chi connectivity index (χ0n) is 9.52. The molecule has 0 aliphatic rings. The van der Waals surface area contributed by atoms with E-state index >= 15 is 0 Å². The number of carbonyl (C=O) groups is 1. The van der Waals surface area contributed by atoms with Gasteiger partial charge in [-0.1, -0.05) is 29.3 Å². The second-order valence-electron chi connectivity index (χ2n) is 3.75. The molecule has 0 aliphatic carbocycles. The number of halogens is 2. The van der Waals surface area contributed by atoms with Crippen molar-refractivity contribution in [3.05, 3.63) is 52.0 Å². The summed E-state index contributed by atoms with van der Waals surface area (Å²) in [6, 6.07) is 8.72. The average Bonchev–Trinajstić information content (AvgIpc) is 2.37. The van der Waals surface area contributed by atoms with Crippen molar-refractivity contribution in [2.45, 2.75) is 0 Å². The Bertz CT molecular complexity index is 644. The molecule has 2 aromatic carbocycles. The zero-order valence-corrected chi connectivity index (χ0v) is 11.0. The fraction of sp³-hybridized carbons (Fsp3) is 0. The quantitative estimate of drug-likeness (QED) is 0.741. The minimum atomic E-state index is -0.599. The summed E-state index contributed by atoms with van der Waals surface area (Å²) in [6.45, 7) is 0. The Kier molecular flexibility index (Phi) is 3.83. The number of phenolic OH excluding ortho intramolecular Hbond substituents is 2. The maximum Gasteiger partial charge on any atom is 0.259 e. The van der Waals surface area contributed by atoms with Crippen LogP contribution in [0, 0.1) is 0 Å². The third-order valence-corrected chi connectivity index (χ3v) is 3.00. The number of benzene rings is 2. The monoisotopic (exact) mass is 297 g/mol. The van der Waals surface area contributed by atoms with Crippen LogP contribution >= 0.6 is 23.2 Å². The van der Waals surface area contributed by atoms with Gasteiger partial charge >= 0.3 is 0 Å². The van der Waals surface area contributed by atoms with Crippen molar-refractivity contribution in [3.63, 3.8) is 0 Å². The van der Waals surface area contributed by atoms with Crippen LogP contribution in [0.5, 0.6) is 11.5 Å². The molecule has 0 saturated heterocycles. The topological polar surface area (TPSA) is 69.6 Å². The number of carbonyl (C=O) groups excluding carboxylic acids is 1. The summed E-state index contributed by atoms with van der Waals surface area (Å²) in [4.78, 5) is 12.0. The molecule has 2 aromatic rings. The van der Waals surface area contributed by atoms with Crippen LogP contribution in [0.4, 0.5) is 5.69 Å². The third-order valence-electron chi connectivity index (χ3n) is 2.44. The smallest absolute Gasteiger partial charge is 0.259 e. The van der Waals surface area contributed by atoms with E-state index in [2.05, 4.69) is 5.32 Å². The van der Waals surface area contributed by atoms with Crippen molar-refractivity contribution in [1.82, 2.24) is 0 Å². The summed E-state index contributed by atoms with van der Waals surface area (Å²) in [5.74, 6) is -1.46. The molecule has 98 valence electrons. The first-order valence-electron chi connectivity index (χ1n) is 5.26. The fourth-order valence-electron chi connectivity index (χ4n) is 1.50. The van der Waals surface area contributed by atoms with Crippen molar-refractivity contribution in [2.75, 3.05) is 5.32 Å². The predicted molar refractivity (Wildman–Crippen MR) is 74.2 cm³/mol. The first-order valence-corrected chi connectivity index (χ1v) is 6.02. The van der Waals surface area contributed by atoms with Crippen molar-refractivity contribution >= 4 is 34.8 Å². The molecule has 0 atom stereocenters. The van der Waals surface area contributed by atoms with Gasteiger partial charge in [-0.3, -0.25) is 4.79 Å². The second-order valence-corrected chi connectivity index (χ2v) is 4.60. The Morgan fingerprint density at radius 3 is 2.58 bits per heavy atom. The molecule has 2 rings (SSSR count). The number of hydrogen-bond acceptors (Lipinski definition) is 3. The Hall–Kier alpha value is -1.91. The third kappa shape index (κ3) is 2.92. The molecule has 0 fully saturated rings. The van der Waals surface area contributed by atoms with Crippen molar-refractivity contribution in [3.8, 4) is 11.5 Å². The van der Waals surface area contributed by atoms with E-state index in [1.807, 2.05) is 0 Å². The van der Waals surface area contributed by atoms with Gasteiger partial charge in [0, 0.05) is 5.02 Å². The van der Waals surface area contributed by atoms with Gasteiger partial charge in [0.05, 0.1) is 16.3 Å². The van der Waals surface area contributed by atoms with Gasteiger partial charge in [-0.15, -0.1) is 0 Å². The minimum Gasteiger partial charge on any atom is -0.504 e. The zero-order chi connectivity index (χ0) is 14.0. The van der Waals surface area contributed by atoms with E-state index in [9.17, 15) is 15.0 Å². The van der Waals surface area contributed by atoms with Gasteiger partial charge in [0.15, 0.2) is 11.5 Å². The summed E-state index contributed by atoms with van der Waals surface area (Å²) >= 11 is 11.7. The highest BCUT2D eigenvalue weighted by Crippen LogP contribution is 2.30. The summed E-state index contributed by atoms with van der Waals surface area (Å²) in [5, 5.41) is 22.2. The van der Waals surface area contributed by atoms with Gasteiger partial charge in [0.2, 0.25) is 0 Å². The molecular formula is C13H9Cl2NO3. The lowest BCUT2D eigenvalue weighted by atomic mass is 10.1. The number of nitrogens with one attached hydrogen (secondary N) is 1. The predicted octanol–water partition coefficient (Wildman–Crippen LogP) is 3.66. The van der Waals surface area contributed by atoms with Crippen LogP contribution in [0.3, 0.4) is 0 Å². The number of aromatic hydroxyl groups is 2. The number of anilines is 1.